The summed E-state index contributed by atoms with van der Waals surface area (Å²) >= 11 is 0. The smallest absolute Gasteiger partial charge is 0.250 e. The maximum absolute atomic E-state index is 12.5. The van der Waals surface area contributed by atoms with E-state index < -0.39 is 15.7 Å². The fraction of sp³-hybridized carbons (Fsp3) is 0.423. The van der Waals surface area contributed by atoms with Gasteiger partial charge in [0.25, 0.3) is 0 Å². The molecule has 1 amide bonds. The van der Waals surface area contributed by atoms with Crippen LogP contribution in [0.1, 0.15) is 52.9 Å². The number of aromatic amines is 1. The number of rotatable bonds is 8. The molecule has 1 aliphatic heterocycles. The quantitative estimate of drug-likeness (QED) is 0.488. The molecule has 3 aromatic rings. The summed E-state index contributed by atoms with van der Waals surface area (Å²) < 4.78 is 36.7. The van der Waals surface area contributed by atoms with Crippen molar-refractivity contribution >= 4 is 26.6 Å². The number of aryl methyl sites for hydroxylation is 1. The third-order valence-electron chi connectivity index (χ3n) is 6.82. The number of ether oxygens (including phenoxy) is 2. The molecule has 0 spiro atoms. The van der Waals surface area contributed by atoms with Gasteiger partial charge >= 0.3 is 0 Å². The first-order valence-electron chi connectivity index (χ1n) is 11.8. The van der Waals surface area contributed by atoms with Gasteiger partial charge in [0.1, 0.15) is 5.75 Å². The average molecular weight is 500 g/mol. The number of sulfone groups is 1. The van der Waals surface area contributed by atoms with Gasteiger partial charge in [0, 0.05) is 54.7 Å². The molecule has 3 N–H and O–H groups in total. The molecule has 9 heteroatoms. The van der Waals surface area contributed by atoms with Crippen LogP contribution in [-0.4, -0.2) is 56.8 Å². The first kappa shape index (κ1) is 25.2. The van der Waals surface area contributed by atoms with E-state index in [0.717, 1.165) is 52.6 Å². The molecule has 0 saturated carbocycles. The lowest BCUT2D eigenvalue weighted by molar-refractivity contribution is -0.0138. The standard InChI is InChI=1S/C26H33N3O5S/c1-5-34-18-9-11-29(15-21-19-8-10-28-25(19)16(2)12-23(21)33-3)22(14-18)17-6-7-20(26(27)30)24(13-17)35(4,31)32/h6-8,10,12-13,18,22,28H,5,9,11,14-15H2,1-4H3,(H2,27,30). The maximum Gasteiger partial charge on any atom is 0.250 e. The molecule has 35 heavy (non-hydrogen) atoms. The molecule has 4 rings (SSSR count). The molecule has 2 unspecified atom stereocenters. The number of nitrogens with two attached hydrogens (primary N) is 1. The summed E-state index contributed by atoms with van der Waals surface area (Å²) in [5, 5.41) is 1.11. The molecule has 8 nitrogen and oxygen atoms in total. The van der Waals surface area contributed by atoms with Gasteiger partial charge in [-0.3, -0.25) is 9.69 Å². The van der Waals surface area contributed by atoms with E-state index in [1.807, 2.05) is 19.2 Å². The number of nitrogens with zero attached hydrogens (tertiary/aromatic N) is 1. The van der Waals surface area contributed by atoms with Crippen molar-refractivity contribution in [1.29, 1.82) is 0 Å². The summed E-state index contributed by atoms with van der Waals surface area (Å²) in [4.78, 5) is 17.5. The molecule has 1 aliphatic rings. The van der Waals surface area contributed by atoms with Crippen LogP contribution in [0.3, 0.4) is 0 Å². The summed E-state index contributed by atoms with van der Waals surface area (Å²) in [6, 6.07) is 8.92. The Morgan fingerprint density at radius 3 is 2.69 bits per heavy atom. The van der Waals surface area contributed by atoms with Crippen molar-refractivity contribution < 1.29 is 22.7 Å². The minimum absolute atomic E-state index is 0.00852. The molecule has 2 heterocycles. The Kier molecular flexibility index (Phi) is 7.21. The topological polar surface area (TPSA) is 115 Å². The normalized spacial score (nSPS) is 19.2. The average Bonchev–Trinajstić information content (AvgIpc) is 3.31. The lowest BCUT2D eigenvalue weighted by Crippen LogP contribution is -2.39. The zero-order valence-corrected chi connectivity index (χ0v) is 21.4. The highest BCUT2D eigenvalue weighted by Gasteiger charge is 2.32. The minimum atomic E-state index is -3.65. The molecule has 1 aromatic heterocycles. The Bertz CT molecular complexity index is 1350. The number of aromatic nitrogens is 1. The Balaban J connectivity index is 1.78. The molecule has 188 valence electrons. The lowest BCUT2D eigenvalue weighted by atomic mass is 9.91. The second kappa shape index (κ2) is 10.0. The molecule has 1 fully saturated rings. The van der Waals surface area contributed by atoms with Crippen LogP contribution >= 0.6 is 0 Å². The van der Waals surface area contributed by atoms with E-state index in [-0.39, 0.29) is 22.6 Å². The van der Waals surface area contributed by atoms with Crippen molar-refractivity contribution in [3.63, 3.8) is 0 Å². The Morgan fingerprint density at radius 1 is 1.26 bits per heavy atom. The number of fused-ring (bicyclic) bond motifs is 1. The van der Waals surface area contributed by atoms with E-state index >= 15 is 0 Å². The van der Waals surface area contributed by atoms with E-state index in [2.05, 4.69) is 22.9 Å². The number of carbonyl (C=O) groups is 1. The van der Waals surface area contributed by atoms with Crippen LogP contribution in [-0.2, 0) is 21.1 Å². The van der Waals surface area contributed by atoms with Crippen molar-refractivity contribution in [2.45, 2.75) is 50.3 Å². The third kappa shape index (κ3) is 5.07. The number of piperidine rings is 1. The van der Waals surface area contributed by atoms with Crippen LogP contribution in [0.5, 0.6) is 5.75 Å². The first-order chi connectivity index (χ1) is 16.6. The number of primary amides is 1. The molecule has 2 aromatic carbocycles. The van der Waals surface area contributed by atoms with Crippen LogP contribution in [0, 0.1) is 6.92 Å². The van der Waals surface area contributed by atoms with Crippen molar-refractivity contribution in [2.24, 2.45) is 5.73 Å². The van der Waals surface area contributed by atoms with Crippen molar-refractivity contribution in [2.75, 3.05) is 26.5 Å². The van der Waals surface area contributed by atoms with Gasteiger partial charge in [-0.05, 0) is 62.1 Å². The van der Waals surface area contributed by atoms with Gasteiger partial charge in [0.2, 0.25) is 5.91 Å². The van der Waals surface area contributed by atoms with E-state index in [1.165, 1.54) is 6.07 Å². The summed E-state index contributed by atoms with van der Waals surface area (Å²) in [5.74, 6) is 0.0603. The van der Waals surface area contributed by atoms with E-state index in [1.54, 1.807) is 19.2 Å². The number of H-pyrrole nitrogens is 1. The Labute approximate surface area is 206 Å². The highest BCUT2D eigenvalue weighted by molar-refractivity contribution is 7.90. The van der Waals surface area contributed by atoms with Gasteiger partial charge in [0.05, 0.1) is 23.7 Å². The predicted octanol–water partition coefficient (Wildman–Crippen LogP) is 3.73. The van der Waals surface area contributed by atoms with Crippen LogP contribution in [0.25, 0.3) is 10.9 Å². The number of carbonyl (C=O) groups excluding carboxylic acids is 1. The second-order valence-electron chi connectivity index (χ2n) is 9.12. The van der Waals surface area contributed by atoms with Gasteiger partial charge in [-0.15, -0.1) is 0 Å². The van der Waals surface area contributed by atoms with Crippen molar-refractivity contribution in [1.82, 2.24) is 9.88 Å². The molecule has 1 saturated heterocycles. The minimum Gasteiger partial charge on any atom is -0.496 e. The number of likely N-dealkylation sites (tertiary alicyclic amines) is 1. The van der Waals surface area contributed by atoms with Gasteiger partial charge in [-0.1, -0.05) is 6.07 Å². The number of amides is 1. The largest absolute Gasteiger partial charge is 0.496 e. The zero-order chi connectivity index (χ0) is 25.3. The molecule has 0 aliphatic carbocycles. The fourth-order valence-corrected chi connectivity index (χ4v) is 6.06. The van der Waals surface area contributed by atoms with Crippen LogP contribution < -0.4 is 10.5 Å². The summed E-state index contributed by atoms with van der Waals surface area (Å²) in [7, 11) is -1.97. The van der Waals surface area contributed by atoms with Crippen molar-refractivity contribution in [3.8, 4) is 5.75 Å². The van der Waals surface area contributed by atoms with Crippen LogP contribution in [0.2, 0.25) is 0 Å². The predicted molar refractivity (Wildman–Crippen MR) is 135 cm³/mol. The number of nitrogens with one attached hydrogen (secondary N) is 1. The molecular formula is C26H33N3O5S. The Hall–Kier alpha value is -2.88. The number of hydrogen-bond acceptors (Lipinski definition) is 6. The highest BCUT2D eigenvalue weighted by atomic mass is 32.2. The molecular weight excluding hydrogens is 466 g/mol. The summed E-state index contributed by atoms with van der Waals surface area (Å²) in [6.07, 6.45) is 4.66. The summed E-state index contributed by atoms with van der Waals surface area (Å²) in [6.45, 7) is 6.03. The van der Waals surface area contributed by atoms with E-state index in [0.29, 0.717) is 19.6 Å². The van der Waals surface area contributed by atoms with Gasteiger partial charge in [-0.25, -0.2) is 8.42 Å². The first-order valence-corrected chi connectivity index (χ1v) is 13.7. The molecule has 2 atom stereocenters. The van der Waals surface area contributed by atoms with Gasteiger partial charge < -0.3 is 20.2 Å². The SMILES string of the molecule is CCOC1CCN(Cc2c(OC)cc(C)c3[nH]ccc23)C(c2ccc(C(N)=O)c(S(C)(=O)=O)c2)C1. The van der Waals surface area contributed by atoms with Crippen LogP contribution in [0.4, 0.5) is 0 Å². The number of methoxy groups -OCH3 is 1. The van der Waals surface area contributed by atoms with Gasteiger partial charge in [-0.2, -0.15) is 0 Å². The second-order valence-corrected chi connectivity index (χ2v) is 11.1. The lowest BCUT2D eigenvalue weighted by Gasteiger charge is -2.40. The molecule has 0 radical (unpaired) electrons. The van der Waals surface area contributed by atoms with E-state index in [9.17, 15) is 13.2 Å². The number of benzene rings is 2. The number of hydrogen-bond donors (Lipinski definition) is 2. The van der Waals surface area contributed by atoms with Crippen molar-refractivity contribution in [3.05, 3.63) is 58.8 Å². The van der Waals surface area contributed by atoms with Crippen LogP contribution in [0.15, 0.2) is 41.4 Å². The van der Waals surface area contributed by atoms with E-state index in [4.69, 9.17) is 15.2 Å². The third-order valence-corrected chi connectivity index (χ3v) is 7.95. The van der Waals surface area contributed by atoms with Gasteiger partial charge in [0.15, 0.2) is 9.84 Å². The zero-order valence-electron chi connectivity index (χ0n) is 20.6. The fourth-order valence-electron chi connectivity index (χ4n) is 5.15. The highest BCUT2D eigenvalue weighted by Crippen LogP contribution is 2.38. The Morgan fingerprint density at radius 2 is 2.03 bits per heavy atom. The molecule has 0 bridgehead atoms. The maximum atomic E-state index is 12.5. The summed E-state index contributed by atoms with van der Waals surface area (Å²) in [5.41, 5.74) is 9.55. The monoisotopic (exact) mass is 499 g/mol.